The lowest BCUT2D eigenvalue weighted by Crippen LogP contribution is -2.47. The van der Waals surface area contributed by atoms with Crippen molar-refractivity contribution in [2.75, 3.05) is 6.61 Å². The number of alkyl halides is 2. The molecule has 6 nitrogen and oxygen atoms in total. The fraction of sp³-hybridized carbons (Fsp3) is 0.571. The summed E-state index contributed by atoms with van der Waals surface area (Å²) in [5.74, 6) is -0.707. The summed E-state index contributed by atoms with van der Waals surface area (Å²) in [5.41, 5.74) is 0.272. The first-order valence-corrected chi connectivity index (χ1v) is 7.79. The topological polar surface area (TPSA) is 76.7 Å². The predicted molar refractivity (Wildman–Crippen MR) is 81.3 cm³/mol. The standard InChI is InChI=1S/C14H20F2N2O4S/c1-14(2,3)18-13(20)22-10(7-21-12(15)16)11(19)17-6-9-4-5-23-8-9/h4-5,8,10,12H,6-7H2,1-3H3,(H,17,19)(H,18,20)/t10-/m1/s1. The summed E-state index contributed by atoms with van der Waals surface area (Å²) in [6.45, 7) is 1.57. The number of rotatable bonds is 7. The zero-order valence-corrected chi connectivity index (χ0v) is 13.9. The third-order valence-corrected chi connectivity index (χ3v) is 3.17. The van der Waals surface area contributed by atoms with E-state index in [9.17, 15) is 18.4 Å². The molecule has 9 heteroatoms. The van der Waals surface area contributed by atoms with E-state index >= 15 is 0 Å². The molecular weight excluding hydrogens is 330 g/mol. The minimum absolute atomic E-state index is 0.206. The molecule has 2 amide bonds. The second-order valence-electron chi connectivity index (χ2n) is 5.71. The molecule has 130 valence electrons. The Labute approximate surface area is 137 Å². The zero-order chi connectivity index (χ0) is 17.5. The summed E-state index contributed by atoms with van der Waals surface area (Å²) in [5, 5.41) is 8.67. The minimum Gasteiger partial charge on any atom is -0.434 e. The molecule has 1 aromatic rings. The normalized spacial score (nSPS) is 12.8. The molecule has 0 aromatic carbocycles. The Kier molecular flexibility index (Phi) is 7.37. The number of thiophene rings is 1. The predicted octanol–water partition coefficient (Wildman–Crippen LogP) is 2.50. The van der Waals surface area contributed by atoms with Crippen molar-refractivity contribution in [1.29, 1.82) is 0 Å². The highest BCUT2D eigenvalue weighted by Crippen LogP contribution is 2.07. The summed E-state index contributed by atoms with van der Waals surface area (Å²) in [4.78, 5) is 23.7. The van der Waals surface area contributed by atoms with Gasteiger partial charge < -0.3 is 20.1 Å². The van der Waals surface area contributed by atoms with Crippen molar-refractivity contribution in [2.24, 2.45) is 0 Å². The minimum atomic E-state index is -3.06. The molecule has 0 fully saturated rings. The number of nitrogens with one attached hydrogen (secondary N) is 2. The van der Waals surface area contributed by atoms with Crippen molar-refractivity contribution >= 4 is 23.3 Å². The molecule has 0 spiro atoms. The Bertz CT molecular complexity index is 503. The first-order chi connectivity index (χ1) is 10.7. The number of carbonyl (C=O) groups is 2. The maximum Gasteiger partial charge on any atom is 0.408 e. The molecule has 23 heavy (non-hydrogen) atoms. The van der Waals surface area contributed by atoms with Crippen LogP contribution < -0.4 is 10.6 Å². The average Bonchev–Trinajstić information content (AvgIpc) is 2.91. The van der Waals surface area contributed by atoms with Crippen LogP contribution >= 0.6 is 11.3 Å². The van der Waals surface area contributed by atoms with Crippen molar-refractivity contribution in [3.05, 3.63) is 22.4 Å². The van der Waals surface area contributed by atoms with Crippen molar-refractivity contribution in [1.82, 2.24) is 10.6 Å². The van der Waals surface area contributed by atoms with Crippen LogP contribution in [0.5, 0.6) is 0 Å². The van der Waals surface area contributed by atoms with E-state index in [-0.39, 0.29) is 6.54 Å². The molecule has 0 unspecified atom stereocenters. The molecule has 0 bridgehead atoms. The summed E-state index contributed by atoms with van der Waals surface area (Å²) in [6.07, 6.45) is -2.35. The monoisotopic (exact) mass is 350 g/mol. The highest BCUT2D eigenvalue weighted by Gasteiger charge is 2.26. The Balaban J connectivity index is 2.59. The van der Waals surface area contributed by atoms with Gasteiger partial charge in [-0.3, -0.25) is 4.79 Å². The van der Waals surface area contributed by atoms with E-state index in [1.807, 2.05) is 16.8 Å². The van der Waals surface area contributed by atoms with Gasteiger partial charge in [-0.05, 0) is 43.2 Å². The number of halogens is 2. The molecule has 1 atom stereocenters. The third-order valence-electron chi connectivity index (χ3n) is 2.44. The van der Waals surface area contributed by atoms with Gasteiger partial charge >= 0.3 is 12.7 Å². The quantitative estimate of drug-likeness (QED) is 0.792. The Hall–Kier alpha value is -1.74. The summed E-state index contributed by atoms with van der Waals surface area (Å²) >= 11 is 1.46. The van der Waals surface area contributed by atoms with E-state index in [1.54, 1.807) is 20.8 Å². The van der Waals surface area contributed by atoms with Gasteiger partial charge in [-0.25, -0.2) is 4.79 Å². The number of alkyl carbamates (subject to hydrolysis) is 1. The maximum atomic E-state index is 12.2. The fourth-order valence-corrected chi connectivity index (χ4v) is 2.15. The molecule has 0 aliphatic carbocycles. The van der Waals surface area contributed by atoms with E-state index in [0.29, 0.717) is 0 Å². The molecule has 1 rings (SSSR count). The summed E-state index contributed by atoms with van der Waals surface area (Å²) in [6, 6.07) is 1.81. The van der Waals surface area contributed by atoms with Gasteiger partial charge in [-0.15, -0.1) is 0 Å². The summed E-state index contributed by atoms with van der Waals surface area (Å²) in [7, 11) is 0. The van der Waals surface area contributed by atoms with Crippen molar-refractivity contribution in [3.63, 3.8) is 0 Å². The van der Waals surface area contributed by atoms with Crippen LogP contribution in [0.2, 0.25) is 0 Å². The number of amides is 2. The van der Waals surface area contributed by atoms with Crippen LogP contribution in [0.4, 0.5) is 13.6 Å². The molecule has 0 aliphatic rings. The van der Waals surface area contributed by atoms with E-state index in [2.05, 4.69) is 15.4 Å². The van der Waals surface area contributed by atoms with Crippen molar-refractivity contribution in [2.45, 2.75) is 45.6 Å². The molecule has 1 heterocycles. The Morgan fingerprint density at radius 2 is 2.04 bits per heavy atom. The fourth-order valence-electron chi connectivity index (χ4n) is 1.48. The highest BCUT2D eigenvalue weighted by molar-refractivity contribution is 7.07. The number of carbonyl (C=O) groups excluding carboxylic acids is 2. The second kappa shape index (κ2) is 8.78. The first kappa shape index (κ1) is 19.3. The molecule has 2 N–H and O–H groups in total. The molecule has 0 radical (unpaired) electrons. The number of hydrogen-bond acceptors (Lipinski definition) is 5. The van der Waals surface area contributed by atoms with Crippen LogP contribution in [0.3, 0.4) is 0 Å². The molecule has 0 saturated carbocycles. The molecule has 0 saturated heterocycles. The molecular formula is C14H20F2N2O4S. The maximum absolute atomic E-state index is 12.2. The van der Waals surface area contributed by atoms with Gasteiger partial charge in [0.15, 0.2) is 0 Å². The van der Waals surface area contributed by atoms with E-state index in [4.69, 9.17) is 4.74 Å². The van der Waals surface area contributed by atoms with Gasteiger partial charge in [0, 0.05) is 12.1 Å². The number of hydrogen-bond donors (Lipinski definition) is 2. The van der Waals surface area contributed by atoms with E-state index in [0.717, 1.165) is 5.56 Å². The largest absolute Gasteiger partial charge is 0.434 e. The van der Waals surface area contributed by atoms with Crippen LogP contribution in [-0.4, -0.2) is 36.9 Å². The van der Waals surface area contributed by atoms with Crippen LogP contribution in [0.15, 0.2) is 16.8 Å². The highest BCUT2D eigenvalue weighted by atomic mass is 32.1. The zero-order valence-electron chi connectivity index (χ0n) is 13.1. The van der Waals surface area contributed by atoms with E-state index < -0.39 is 36.9 Å². The van der Waals surface area contributed by atoms with Crippen LogP contribution in [0.25, 0.3) is 0 Å². The summed E-state index contributed by atoms with van der Waals surface area (Å²) < 4.78 is 33.3. The van der Waals surface area contributed by atoms with Crippen molar-refractivity contribution in [3.8, 4) is 0 Å². The lowest BCUT2D eigenvalue weighted by atomic mass is 10.1. The Morgan fingerprint density at radius 3 is 2.57 bits per heavy atom. The molecule has 0 aliphatic heterocycles. The van der Waals surface area contributed by atoms with Gasteiger partial charge in [0.25, 0.3) is 5.91 Å². The number of ether oxygens (including phenoxy) is 2. The van der Waals surface area contributed by atoms with Crippen LogP contribution in [-0.2, 0) is 20.8 Å². The third kappa shape index (κ3) is 8.46. The van der Waals surface area contributed by atoms with E-state index in [1.165, 1.54) is 11.3 Å². The van der Waals surface area contributed by atoms with Gasteiger partial charge in [-0.2, -0.15) is 20.1 Å². The first-order valence-electron chi connectivity index (χ1n) is 6.85. The lowest BCUT2D eigenvalue weighted by Gasteiger charge is -2.23. The average molecular weight is 350 g/mol. The SMILES string of the molecule is CC(C)(C)NC(=O)O[C@H](COC(F)F)C(=O)NCc1ccsc1. The smallest absolute Gasteiger partial charge is 0.408 e. The van der Waals surface area contributed by atoms with Gasteiger partial charge in [-0.1, -0.05) is 0 Å². The van der Waals surface area contributed by atoms with Crippen LogP contribution in [0, 0.1) is 0 Å². The molecule has 1 aromatic heterocycles. The van der Waals surface area contributed by atoms with Crippen LogP contribution in [0.1, 0.15) is 26.3 Å². The Morgan fingerprint density at radius 1 is 1.35 bits per heavy atom. The van der Waals surface area contributed by atoms with Crippen molar-refractivity contribution < 1.29 is 27.8 Å². The second-order valence-corrected chi connectivity index (χ2v) is 6.49. The van der Waals surface area contributed by atoms with Gasteiger partial charge in [0.1, 0.15) is 0 Å². The van der Waals surface area contributed by atoms with Gasteiger partial charge in [0.05, 0.1) is 6.61 Å². The van der Waals surface area contributed by atoms with Gasteiger partial charge in [0.2, 0.25) is 6.10 Å². The lowest BCUT2D eigenvalue weighted by molar-refractivity contribution is -0.158.